The Balaban J connectivity index is 1.99. The first-order chi connectivity index (χ1) is 11.9. The third kappa shape index (κ3) is 3.95. The van der Waals surface area contributed by atoms with Gasteiger partial charge in [-0.1, -0.05) is 30.9 Å². The summed E-state index contributed by atoms with van der Waals surface area (Å²) in [4.78, 5) is 18.7. The number of carbonyl (C=O) groups is 1. The van der Waals surface area contributed by atoms with Crippen LogP contribution in [-0.4, -0.2) is 35.8 Å². The van der Waals surface area contributed by atoms with Gasteiger partial charge in [-0.15, -0.1) is 0 Å². The zero-order valence-electron chi connectivity index (χ0n) is 14.2. The van der Waals surface area contributed by atoms with Crippen LogP contribution in [0.3, 0.4) is 0 Å². The molecule has 3 rings (SSSR count). The standard InChI is InChI=1S/C18H22ClIN2O3/c1-2-25-17(23)18(24)11-22(15-10-13(19)8-9-14(15)20)16(21-18)12-6-4-3-5-7-12/h8-10,12,24H,2-7,11H2,1H3. The number of nitrogens with zero attached hydrogens (tertiary/aromatic N) is 2. The number of amidine groups is 1. The minimum absolute atomic E-state index is 0.0635. The van der Waals surface area contributed by atoms with Crippen LogP contribution in [0, 0.1) is 9.49 Å². The van der Waals surface area contributed by atoms with Crippen LogP contribution < -0.4 is 4.90 Å². The van der Waals surface area contributed by atoms with Gasteiger partial charge in [-0.3, -0.25) is 0 Å². The van der Waals surface area contributed by atoms with Gasteiger partial charge in [-0.05, 0) is 60.6 Å². The van der Waals surface area contributed by atoms with Gasteiger partial charge in [0.2, 0.25) is 0 Å². The number of esters is 1. The van der Waals surface area contributed by atoms with Gasteiger partial charge in [0.25, 0.3) is 5.72 Å². The predicted octanol–water partition coefficient (Wildman–Crippen LogP) is 4.00. The molecule has 0 saturated heterocycles. The van der Waals surface area contributed by atoms with Crippen molar-refractivity contribution in [1.82, 2.24) is 0 Å². The summed E-state index contributed by atoms with van der Waals surface area (Å²) in [5.41, 5.74) is -0.980. The number of ether oxygens (including phenoxy) is 1. The normalized spacial score (nSPS) is 24.3. The summed E-state index contributed by atoms with van der Waals surface area (Å²) in [6.45, 7) is 2.00. The summed E-state index contributed by atoms with van der Waals surface area (Å²) in [7, 11) is 0. The molecule has 1 aliphatic carbocycles. The lowest BCUT2D eigenvalue weighted by molar-refractivity contribution is -0.162. The molecule has 0 bridgehead atoms. The molecule has 136 valence electrons. The second kappa shape index (κ2) is 7.80. The van der Waals surface area contributed by atoms with Crippen LogP contribution in [0.1, 0.15) is 39.0 Å². The molecule has 1 unspecified atom stereocenters. The topological polar surface area (TPSA) is 62.1 Å². The summed E-state index contributed by atoms with van der Waals surface area (Å²) in [5, 5.41) is 11.5. The van der Waals surface area contributed by atoms with Crippen molar-refractivity contribution >= 4 is 51.7 Å². The maximum atomic E-state index is 12.3. The van der Waals surface area contributed by atoms with Crippen LogP contribution in [0.4, 0.5) is 5.69 Å². The van der Waals surface area contributed by atoms with Crippen molar-refractivity contribution in [2.45, 2.75) is 44.8 Å². The molecule has 1 aromatic rings. The average molecular weight is 477 g/mol. The van der Waals surface area contributed by atoms with Crippen LogP contribution >= 0.6 is 34.2 Å². The second-order valence-electron chi connectivity index (χ2n) is 6.52. The van der Waals surface area contributed by atoms with Crippen LogP contribution in [0.2, 0.25) is 5.02 Å². The van der Waals surface area contributed by atoms with Crippen LogP contribution in [0.15, 0.2) is 23.2 Å². The van der Waals surface area contributed by atoms with Crippen molar-refractivity contribution in [2.24, 2.45) is 10.9 Å². The Morgan fingerprint density at radius 3 is 2.84 bits per heavy atom. The first-order valence-corrected chi connectivity index (χ1v) is 10.1. The van der Waals surface area contributed by atoms with Gasteiger partial charge in [0.05, 0.1) is 18.8 Å². The first kappa shape index (κ1) is 18.9. The SMILES string of the molecule is CCOC(=O)C1(O)CN(c2cc(Cl)ccc2I)C(C2CCCCC2)=N1. The minimum Gasteiger partial charge on any atom is -0.462 e. The first-order valence-electron chi connectivity index (χ1n) is 8.66. The molecule has 0 amide bonds. The Hall–Kier alpha value is -0.860. The maximum Gasteiger partial charge on any atom is 0.363 e. The number of rotatable bonds is 4. The number of hydrogen-bond acceptors (Lipinski definition) is 5. The van der Waals surface area contributed by atoms with E-state index >= 15 is 0 Å². The highest BCUT2D eigenvalue weighted by Gasteiger charge is 2.48. The Morgan fingerprint density at radius 1 is 1.44 bits per heavy atom. The van der Waals surface area contributed by atoms with E-state index in [0.717, 1.165) is 40.8 Å². The fourth-order valence-corrected chi connectivity index (χ4v) is 4.31. The summed E-state index contributed by atoms with van der Waals surface area (Å²) in [5.74, 6) is 0.324. The summed E-state index contributed by atoms with van der Waals surface area (Å²) in [6, 6.07) is 5.62. The number of carbonyl (C=O) groups excluding carboxylic acids is 1. The van der Waals surface area contributed by atoms with E-state index in [1.165, 1.54) is 6.42 Å². The van der Waals surface area contributed by atoms with Gasteiger partial charge in [-0.2, -0.15) is 0 Å². The molecule has 7 heteroatoms. The van der Waals surface area contributed by atoms with E-state index in [1.807, 2.05) is 23.1 Å². The molecular formula is C18H22ClIN2O3. The predicted molar refractivity (Wildman–Crippen MR) is 107 cm³/mol. The summed E-state index contributed by atoms with van der Waals surface area (Å²) >= 11 is 8.43. The van der Waals surface area contributed by atoms with Gasteiger partial charge >= 0.3 is 5.97 Å². The molecule has 1 atom stereocenters. The molecule has 1 heterocycles. The Labute approximate surface area is 166 Å². The molecule has 1 aliphatic heterocycles. The lowest BCUT2D eigenvalue weighted by Crippen LogP contribution is -2.44. The quantitative estimate of drug-likeness (QED) is 0.527. The summed E-state index contributed by atoms with van der Waals surface area (Å²) in [6.07, 6.45) is 5.54. The average Bonchev–Trinajstić information content (AvgIpc) is 2.97. The zero-order valence-corrected chi connectivity index (χ0v) is 17.1. The number of β-amino-alcohol motifs (C(OH)–C–C–N with tert-alkyl or cyclic N) is 1. The monoisotopic (exact) mass is 476 g/mol. The zero-order chi connectivity index (χ0) is 18.0. The summed E-state index contributed by atoms with van der Waals surface area (Å²) < 4.78 is 6.05. The van der Waals surface area contributed by atoms with Crippen LogP contribution in [0.5, 0.6) is 0 Å². The molecule has 0 aromatic heterocycles. The highest BCUT2D eigenvalue weighted by atomic mass is 127. The number of anilines is 1. The van der Waals surface area contributed by atoms with Crippen LogP contribution in [0.25, 0.3) is 0 Å². The fourth-order valence-electron chi connectivity index (χ4n) is 3.52. The van der Waals surface area contributed by atoms with Crippen molar-refractivity contribution in [3.05, 3.63) is 26.8 Å². The smallest absolute Gasteiger partial charge is 0.363 e. The largest absolute Gasteiger partial charge is 0.462 e. The molecule has 2 aliphatic rings. The van der Waals surface area contributed by atoms with Crippen molar-refractivity contribution < 1.29 is 14.6 Å². The molecule has 25 heavy (non-hydrogen) atoms. The van der Waals surface area contributed by atoms with E-state index < -0.39 is 11.7 Å². The second-order valence-corrected chi connectivity index (χ2v) is 8.12. The molecule has 1 aromatic carbocycles. The lowest BCUT2D eigenvalue weighted by Gasteiger charge is -2.30. The molecule has 1 N–H and O–H groups in total. The molecular weight excluding hydrogens is 455 g/mol. The minimum atomic E-state index is -1.85. The Morgan fingerprint density at radius 2 is 2.16 bits per heavy atom. The van der Waals surface area contributed by atoms with E-state index in [2.05, 4.69) is 27.6 Å². The van der Waals surface area contributed by atoms with E-state index in [0.29, 0.717) is 5.02 Å². The number of benzene rings is 1. The molecule has 0 spiro atoms. The van der Waals surface area contributed by atoms with Gasteiger partial charge in [0.1, 0.15) is 5.84 Å². The van der Waals surface area contributed by atoms with E-state index in [-0.39, 0.29) is 19.1 Å². The lowest BCUT2D eigenvalue weighted by atomic mass is 9.88. The maximum absolute atomic E-state index is 12.3. The van der Waals surface area contributed by atoms with Crippen molar-refractivity contribution in [2.75, 3.05) is 18.1 Å². The Kier molecular flexibility index (Phi) is 5.90. The number of aliphatic imine (C=N–C) groups is 1. The van der Waals surface area contributed by atoms with Crippen molar-refractivity contribution in [1.29, 1.82) is 0 Å². The molecule has 0 radical (unpaired) electrons. The molecule has 5 nitrogen and oxygen atoms in total. The van der Waals surface area contributed by atoms with Gasteiger partial charge in [0.15, 0.2) is 0 Å². The van der Waals surface area contributed by atoms with Gasteiger partial charge in [0, 0.05) is 14.5 Å². The van der Waals surface area contributed by atoms with E-state index in [9.17, 15) is 9.90 Å². The Bertz CT molecular complexity index is 691. The van der Waals surface area contributed by atoms with Gasteiger partial charge < -0.3 is 14.7 Å². The van der Waals surface area contributed by atoms with Gasteiger partial charge in [-0.25, -0.2) is 9.79 Å². The number of aliphatic hydroxyl groups is 1. The number of hydrogen-bond donors (Lipinski definition) is 1. The molecule has 1 fully saturated rings. The fraction of sp³-hybridized carbons (Fsp3) is 0.556. The third-order valence-electron chi connectivity index (χ3n) is 4.73. The number of halogens is 2. The van der Waals surface area contributed by atoms with Crippen LogP contribution in [-0.2, 0) is 9.53 Å². The van der Waals surface area contributed by atoms with Crippen molar-refractivity contribution in [3.8, 4) is 0 Å². The molecule has 1 saturated carbocycles. The highest BCUT2D eigenvalue weighted by Crippen LogP contribution is 2.37. The highest BCUT2D eigenvalue weighted by molar-refractivity contribution is 14.1. The third-order valence-corrected chi connectivity index (χ3v) is 5.87. The van der Waals surface area contributed by atoms with E-state index in [1.54, 1.807) is 6.92 Å². The van der Waals surface area contributed by atoms with Crippen molar-refractivity contribution in [3.63, 3.8) is 0 Å². The van der Waals surface area contributed by atoms with E-state index in [4.69, 9.17) is 16.3 Å².